The predicted molar refractivity (Wildman–Crippen MR) is 316 cm³/mol. The Kier molecular flexibility index (Phi) is 56.9. The second kappa shape index (κ2) is 60.4. The number of hydrogen-bond donors (Lipinski definition) is 0. The first-order valence-corrected chi connectivity index (χ1v) is 30.0. The molecule has 0 radical (unpaired) electrons. The summed E-state index contributed by atoms with van der Waals surface area (Å²) >= 11 is 0. The van der Waals surface area contributed by atoms with Crippen LogP contribution in [0.5, 0.6) is 0 Å². The van der Waals surface area contributed by atoms with E-state index in [1.54, 1.807) is 0 Å². The number of hydrogen-bond acceptors (Lipinski definition) is 6. The summed E-state index contributed by atoms with van der Waals surface area (Å²) in [5.41, 5.74) is 0. The Morgan fingerprint density at radius 3 is 0.863 bits per heavy atom. The van der Waals surface area contributed by atoms with Crippen LogP contribution in [0, 0.1) is 0 Å². The van der Waals surface area contributed by atoms with E-state index in [2.05, 4.69) is 142 Å². The fraction of sp³-hybridized carbons (Fsp3) is 0.657. The van der Waals surface area contributed by atoms with E-state index in [9.17, 15) is 14.4 Å². The van der Waals surface area contributed by atoms with Crippen molar-refractivity contribution >= 4 is 17.9 Å². The highest BCUT2D eigenvalue weighted by Gasteiger charge is 2.19. The maximum absolute atomic E-state index is 12.9. The fourth-order valence-electron chi connectivity index (χ4n) is 8.03. The van der Waals surface area contributed by atoms with Gasteiger partial charge in [0.05, 0.1) is 0 Å². The minimum atomic E-state index is -0.807. The molecular formula is C67H110O6. The standard InChI is InChI=1S/C67H110O6/c1-4-7-10-13-16-19-22-25-28-30-32-33-35-36-39-42-45-48-51-54-57-60-66(69)72-63-64(62-71-65(68)59-56-53-50-47-44-41-38-27-24-21-18-15-12-9-6-3)73-67(70)61-58-55-52-49-46-43-40-37-34-31-29-26-23-20-17-14-11-8-5-2/h7-8,10-11,16-17,19-20,25-26,28-29,32-34,36-37,39,45,48,64H,4-6,9,12-15,18,21-24,27,30-31,35,38,40-44,46-47,49-63H2,1-3H3/b10-7-,11-8-,19-16-,20-17-,28-25-,29-26-,33-32-,37-34-,39-36-,48-45-. The molecular weight excluding hydrogens is 901 g/mol. The predicted octanol–water partition coefficient (Wildman–Crippen LogP) is 20.4. The monoisotopic (exact) mass is 1010 g/mol. The average molecular weight is 1010 g/mol. The maximum Gasteiger partial charge on any atom is 0.306 e. The number of unbranched alkanes of at least 4 members (excludes halogenated alkanes) is 22. The van der Waals surface area contributed by atoms with Crippen molar-refractivity contribution in [1.29, 1.82) is 0 Å². The van der Waals surface area contributed by atoms with E-state index in [-0.39, 0.29) is 31.1 Å². The summed E-state index contributed by atoms with van der Waals surface area (Å²) in [5, 5.41) is 0. The van der Waals surface area contributed by atoms with Crippen LogP contribution in [0.1, 0.15) is 265 Å². The zero-order valence-corrected chi connectivity index (χ0v) is 47.4. The van der Waals surface area contributed by atoms with Gasteiger partial charge in [-0.05, 0) is 109 Å². The number of carbonyl (C=O) groups is 3. The Balaban J connectivity index is 4.50. The van der Waals surface area contributed by atoms with E-state index in [4.69, 9.17) is 14.2 Å². The Morgan fingerprint density at radius 1 is 0.288 bits per heavy atom. The molecule has 0 bridgehead atoms. The lowest BCUT2D eigenvalue weighted by molar-refractivity contribution is -0.167. The van der Waals surface area contributed by atoms with Crippen molar-refractivity contribution in [2.24, 2.45) is 0 Å². The van der Waals surface area contributed by atoms with Crippen LogP contribution >= 0.6 is 0 Å². The summed E-state index contributed by atoms with van der Waals surface area (Å²) in [5.74, 6) is -0.955. The highest BCUT2D eigenvalue weighted by atomic mass is 16.6. The molecule has 0 aromatic carbocycles. The molecule has 414 valence electrons. The topological polar surface area (TPSA) is 78.9 Å². The number of esters is 3. The number of rotatable bonds is 53. The minimum absolute atomic E-state index is 0.0987. The van der Waals surface area contributed by atoms with Crippen LogP contribution in [0.25, 0.3) is 0 Å². The smallest absolute Gasteiger partial charge is 0.306 e. The van der Waals surface area contributed by atoms with Crippen LogP contribution in [0.15, 0.2) is 122 Å². The maximum atomic E-state index is 12.9. The zero-order chi connectivity index (χ0) is 52.9. The third-order valence-corrected chi connectivity index (χ3v) is 12.5. The van der Waals surface area contributed by atoms with E-state index < -0.39 is 6.10 Å². The van der Waals surface area contributed by atoms with E-state index in [1.807, 2.05) is 0 Å². The van der Waals surface area contributed by atoms with Gasteiger partial charge < -0.3 is 14.2 Å². The van der Waals surface area contributed by atoms with Gasteiger partial charge in [-0.3, -0.25) is 14.4 Å². The van der Waals surface area contributed by atoms with Crippen molar-refractivity contribution in [1.82, 2.24) is 0 Å². The second-order valence-electron chi connectivity index (χ2n) is 19.5. The van der Waals surface area contributed by atoms with Crippen LogP contribution in [-0.4, -0.2) is 37.2 Å². The summed E-state index contributed by atoms with van der Waals surface area (Å²) in [6.45, 7) is 6.38. The lowest BCUT2D eigenvalue weighted by atomic mass is 10.0. The fourth-order valence-corrected chi connectivity index (χ4v) is 8.03. The number of ether oxygens (including phenoxy) is 3. The summed E-state index contributed by atoms with van der Waals surface area (Å²) in [4.78, 5) is 38.2. The Labute approximate surface area is 450 Å². The molecule has 6 nitrogen and oxygen atoms in total. The number of carbonyl (C=O) groups excluding carboxylic acids is 3. The van der Waals surface area contributed by atoms with Gasteiger partial charge in [0.25, 0.3) is 0 Å². The summed E-state index contributed by atoms with van der Waals surface area (Å²) in [7, 11) is 0. The SMILES string of the molecule is CC/C=C\C/C=C\C/C=C\C/C=C\C/C=C\C/C=C\CCCCC(=O)OCC(COC(=O)CCCCCCCCCCCCCCCCC)OC(=O)CCCCCCCC/C=C\C/C=C\C/C=C\C/C=C\CC. The van der Waals surface area contributed by atoms with Crippen molar-refractivity contribution in [3.05, 3.63) is 122 Å². The molecule has 0 aliphatic rings. The van der Waals surface area contributed by atoms with Gasteiger partial charge in [-0.25, -0.2) is 0 Å². The molecule has 0 spiro atoms. The average Bonchev–Trinajstić information content (AvgIpc) is 3.39. The summed E-state index contributed by atoms with van der Waals surface area (Å²) in [6, 6.07) is 0. The normalized spacial score (nSPS) is 13.0. The van der Waals surface area contributed by atoms with Gasteiger partial charge in [-0.2, -0.15) is 0 Å². The van der Waals surface area contributed by atoms with Crippen LogP contribution in [0.4, 0.5) is 0 Å². The van der Waals surface area contributed by atoms with Crippen molar-refractivity contribution in [2.45, 2.75) is 271 Å². The van der Waals surface area contributed by atoms with Gasteiger partial charge in [-0.1, -0.05) is 258 Å². The minimum Gasteiger partial charge on any atom is -0.462 e. The molecule has 73 heavy (non-hydrogen) atoms. The molecule has 0 aliphatic heterocycles. The Morgan fingerprint density at radius 2 is 0.534 bits per heavy atom. The third kappa shape index (κ3) is 58.6. The van der Waals surface area contributed by atoms with E-state index in [1.165, 1.54) is 89.9 Å². The molecule has 1 atom stereocenters. The molecule has 0 fully saturated rings. The Hall–Kier alpha value is -4.19. The first kappa shape index (κ1) is 68.8. The molecule has 0 rings (SSSR count). The quantitative estimate of drug-likeness (QED) is 0.0261. The van der Waals surface area contributed by atoms with E-state index >= 15 is 0 Å². The molecule has 0 amide bonds. The highest BCUT2D eigenvalue weighted by Crippen LogP contribution is 2.15. The van der Waals surface area contributed by atoms with Gasteiger partial charge in [0.2, 0.25) is 0 Å². The highest BCUT2D eigenvalue weighted by molar-refractivity contribution is 5.71. The molecule has 1 unspecified atom stereocenters. The first-order chi connectivity index (χ1) is 36.0. The van der Waals surface area contributed by atoms with Gasteiger partial charge >= 0.3 is 17.9 Å². The van der Waals surface area contributed by atoms with Crippen molar-refractivity contribution < 1.29 is 28.6 Å². The molecule has 6 heteroatoms. The van der Waals surface area contributed by atoms with Crippen molar-refractivity contribution in [3.63, 3.8) is 0 Å². The van der Waals surface area contributed by atoms with Crippen LogP contribution in [0.3, 0.4) is 0 Å². The molecule has 0 aromatic heterocycles. The van der Waals surface area contributed by atoms with Crippen LogP contribution in [0.2, 0.25) is 0 Å². The van der Waals surface area contributed by atoms with Gasteiger partial charge in [0, 0.05) is 19.3 Å². The van der Waals surface area contributed by atoms with Crippen molar-refractivity contribution in [3.8, 4) is 0 Å². The lowest BCUT2D eigenvalue weighted by Crippen LogP contribution is -2.30. The molecule has 0 aliphatic carbocycles. The van der Waals surface area contributed by atoms with Gasteiger partial charge in [-0.15, -0.1) is 0 Å². The third-order valence-electron chi connectivity index (χ3n) is 12.5. The van der Waals surface area contributed by atoms with Crippen LogP contribution < -0.4 is 0 Å². The second-order valence-corrected chi connectivity index (χ2v) is 19.5. The Bertz CT molecular complexity index is 1540. The van der Waals surface area contributed by atoms with E-state index in [0.717, 1.165) is 128 Å². The van der Waals surface area contributed by atoms with E-state index in [0.29, 0.717) is 25.7 Å². The molecule has 0 saturated carbocycles. The molecule has 0 aromatic rings. The number of allylic oxidation sites excluding steroid dienone is 20. The van der Waals surface area contributed by atoms with Gasteiger partial charge in [0.15, 0.2) is 6.10 Å². The molecule has 0 saturated heterocycles. The molecule has 0 heterocycles. The van der Waals surface area contributed by atoms with Crippen LogP contribution in [-0.2, 0) is 28.6 Å². The first-order valence-electron chi connectivity index (χ1n) is 30.0. The zero-order valence-electron chi connectivity index (χ0n) is 47.4. The summed E-state index contributed by atoms with van der Waals surface area (Å²) in [6.07, 6.45) is 83.3. The molecule has 0 N–H and O–H groups in total. The lowest BCUT2D eigenvalue weighted by Gasteiger charge is -2.18. The largest absolute Gasteiger partial charge is 0.462 e. The summed E-state index contributed by atoms with van der Waals surface area (Å²) < 4.78 is 16.9. The van der Waals surface area contributed by atoms with Crippen molar-refractivity contribution in [2.75, 3.05) is 13.2 Å². The van der Waals surface area contributed by atoms with Gasteiger partial charge in [0.1, 0.15) is 13.2 Å².